The van der Waals surface area contributed by atoms with Crippen molar-refractivity contribution in [1.82, 2.24) is 15.5 Å². The molecule has 1 aromatic carbocycles. The maximum Gasteiger partial charge on any atom is 0.132 e. The molecule has 1 heterocycles. The number of nitrogens with zero attached hydrogens (tertiary/aromatic N) is 1. The van der Waals surface area contributed by atoms with Crippen LogP contribution in [0.1, 0.15) is 18.5 Å². The van der Waals surface area contributed by atoms with Crippen LogP contribution in [-0.2, 0) is 6.54 Å². The molecule has 0 spiro atoms. The predicted molar refractivity (Wildman–Crippen MR) is 71.5 cm³/mol. The molecule has 94 valence electrons. The maximum absolute atomic E-state index is 13.7. The van der Waals surface area contributed by atoms with Gasteiger partial charge >= 0.3 is 0 Å². The number of aromatic amines is 1. The number of halogens is 2. The van der Waals surface area contributed by atoms with Gasteiger partial charge in [0.25, 0.3) is 0 Å². The summed E-state index contributed by atoms with van der Waals surface area (Å²) in [7, 11) is 0. The Hall–Kier alpha value is -1.20. The van der Waals surface area contributed by atoms with Gasteiger partial charge < -0.3 is 5.32 Å². The molecule has 0 unspecified atom stereocenters. The van der Waals surface area contributed by atoms with Crippen LogP contribution < -0.4 is 5.32 Å². The Kier molecular flexibility index (Phi) is 3.18. The summed E-state index contributed by atoms with van der Waals surface area (Å²) in [4.78, 5) is 0. The quantitative estimate of drug-likeness (QED) is 0.910. The molecule has 3 nitrogen and oxygen atoms in total. The van der Waals surface area contributed by atoms with Crippen LogP contribution in [0, 0.1) is 5.82 Å². The molecule has 0 saturated heterocycles. The summed E-state index contributed by atoms with van der Waals surface area (Å²) in [5.74, 6) is -0.258. The van der Waals surface area contributed by atoms with Crippen molar-refractivity contribution in [2.24, 2.45) is 0 Å². The average molecular weight is 310 g/mol. The van der Waals surface area contributed by atoms with E-state index >= 15 is 0 Å². The van der Waals surface area contributed by atoms with Gasteiger partial charge in [0.15, 0.2) is 0 Å². The van der Waals surface area contributed by atoms with Crippen LogP contribution in [0.5, 0.6) is 0 Å². The molecule has 3 rings (SSSR count). The lowest BCUT2D eigenvalue weighted by molar-refractivity contribution is 0.630. The number of aromatic nitrogens is 2. The number of hydrogen-bond donors (Lipinski definition) is 2. The van der Waals surface area contributed by atoms with E-state index in [1.807, 2.05) is 6.07 Å². The molecule has 18 heavy (non-hydrogen) atoms. The van der Waals surface area contributed by atoms with E-state index in [1.54, 1.807) is 12.1 Å². The number of rotatable bonds is 4. The van der Waals surface area contributed by atoms with Crippen molar-refractivity contribution < 1.29 is 4.39 Å². The minimum atomic E-state index is -0.258. The summed E-state index contributed by atoms with van der Waals surface area (Å²) in [6, 6.07) is 7.40. The van der Waals surface area contributed by atoms with E-state index in [1.165, 1.54) is 18.9 Å². The van der Waals surface area contributed by atoms with E-state index in [0.717, 1.165) is 16.7 Å². The third kappa shape index (κ3) is 2.62. The first-order chi connectivity index (χ1) is 8.72. The van der Waals surface area contributed by atoms with Gasteiger partial charge in [0, 0.05) is 28.3 Å². The maximum atomic E-state index is 13.7. The van der Waals surface area contributed by atoms with Gasteiger partial charge in [-0.25, -0.2) is 4.39 Å². The van der Waals surface area contributed by atoms with Gasteiger partial charge in [-0.3, -0.25) is 5.10 Å². The van der Waals surface area contributed by atoms with Crippen molar-refractivity contribution in [3.8, 4) is 11.3 Å². The zero-order chi connectivity index (χ0) is 12.5. The van der Waals surface area contributed by atoms with Crippen molar-refractivity contribution in [2.75, 3.05) is 0 Å². The molecule has 0 amide bonds. The molecular weight excluding hydrogens is 297 g/mol. The average Bonchev–Trinajstić information content (AvgIpc) is 3.08. The van der Waals surface area contributed by atoms with E-state index in [9.17, 15) is 4.39 Å². The number of nitrogens with one attached hydrogen (secondary N) is 2. The molecule has 5 heteroatoms. The third-order valence-corrected chi connectivity index (χ3v) is 3.49. The lowest BCUT2D eigenvalue weighted by Crippen LogP contribution is -2.15. The summed E-state index contributed by atoms with van der Waals surface area (Å²) in [5.41, 5.74) is 2.14. The van der Waals surface area contributed by atoms with Crippen LogP contribution >= 0.6 is 15.9 Å². The van der Waals surface area contributed by atoms with Crippen molar-refractivity contribution >= 4 is 15.9 Å². The van der Waals surface area contributed by atoms with Gasteiger partial charge in [-0.15, -0.1) is 0 Å². The second kappa shape index (κ2) is 4.82. The summed E-state index contributed by atoms with van der Waals surface area (Å²) in [6.07, 6.45) is 2.50. The van der Waals surface area contributed by atoms with Gasteiger partial charge in [-0.05, 0) is 37.1 Å². The molecule has 0 aliphatic heterocycles. The van der Waals surface area contributed by atoms with Gasteiger partial charge in [0.1, 0.15) is 5.82 Å². The molecule has 0 atom stereocenters. The topological polar surface area (TPSA) is 40.7 Å². The SMILES string of the molecule is Fc1ccc(Br)cc1-c1cc(CNC2CC2)[nH]n1. The van der Waals surface area contributed by atoms with Crippen molar-refractivity contribution in [2.45, 2.75) is 25.4 Å². The van der Waals surface area contributed by atoms with Gasteiger partial charge in [0.05, 0.1) is 5.69 Å². The minimum Gasteiger partial charge on any atom is -0.308 e. The highest BCUT2D eigenvalue weighted by Crippen LogP contribution is 2.25. The Bertz CT molecular complexity index is 563. The second-order valence-corrected chi connectivity index (χ2v) is 5.47. The molecule has 1 aliphatic carbocycles. The molecule has 2 N–H and O–H groups in total. The fourth-order valence-corrected chi connectivity index (χ4v) is 2.19. The molecule has 0 bridgehead atoms. The Morgan fingerprint density at radius 3 is 3.00 bits per heavy atom. The Morgan fingerprint density at radius 2 is 2.22 bits per heavy atom. The van der Waals surface area contributed by atoms with Crippen molar-refractivity contribution in [1.29, 1.82) is 0 Å². The highest BCUT2D eigenvalue weighted by Gasteiger charge is 2.20. The zero-order valence-electron chi connectivity index (χ0n) is 9.71. The molecular formula is C13H13BrFN3. The smallest absolute Gasteiger partial charge is 0.132 e. The van der Waals surface area contributed by atoms with E-state index in [2.05, 4.69) is 31.4 Å². The molecule has 2 aromatic rings. The molecule has 1 aromatic heterocycles. The van der Waals surface area contributed by atoms with Crippen LogP contribution in [0.25, 0.3) is 11.3 Å². The standard InChI is InChI=1S/C13H13BrFN3/c14-8-1-4-12(15)11(5-8)13-6-10(17-18-13)7-16-9-2-3-9/h1,4-6,9,16H,2-3,7H2,(H,17,18). The number of hydrogen-bond acceptors (Lipinski definition) is 2. The summed E-state index contributed by atoms with van der Waals surface area (Å²) < 4.78 is 14.5. The Morgan fingerprint density at radius 1 is 1.39 bits per heavy atom. The van der Waals surface area contributed by atoms with E-state index < -0.39 is 0 Å². The Balaban J connectivity index is 1.80. The molecule has 0 radical (unpaired) electrons. The molecule has 1 aliphatic rings. The monoisotopic (exact) mass is 309 g/mol. The summed E-state index contributed by atoms with van der Waals surface area (Å²) in [5, 5.41) is 10.5. The summed E-state index contributed by atoms with van der Waals surface area (Å²) in [6.45, 7) is 0.757. The second-order valence-electron chi connectivity index (χ2n) is 4.56. The highest BCUT2D eigenvalue weighted by molar-refractivity contribution is 9.10. The van der Waals surface area contributed by atoms with E-state index in [4.69, 9.17) is 0 Å². The normalized spacial score (nSPS) is 15.0. The first kappa shape index (κ1) is 11.9. The first-order valence-corrected chi connectivity index (χ1v) is 6.75. The fraction of sp³-hybridized carbons (Fsp3) is 0.308. The van der Waals surface area contributed by atoms with Crippen LogP contribution in [-0.4, -0.2) is 16.2 Å². The first-order valence-electron chi connectivity index (χ1n) is 5.95. The predicted octanol–water partition coefficient (Wildman–Crippen LogP) is 3.23. The zero-order valence-corrected chi connectivity index (χ0v) is 11.3. The number of benzene rings is 1. The molecule has 1 saturated carbocycles. The summed E-state index contributed by atoms with van der Waals surface area (Å²) >= 11 is 3.34. The van der Waals surface area contributed by atoms with Gasteiger partial charge in [-0.1, -0.05) is 15.9 Å². The lowest BCUT2D eigenvalue weighted by Gasteiger charge is -1.99. The fourth-order valence-electron chi connectivity index (χ4n) is 1.83. The van der Waals surface area contributed by atoms with E-state index in [0.29, 0.717) is 17.3 Å². The van der Waals surface area contributed by atoms with Crippen LogP contribution in [0.2, 0.25) is 0 Å². The molecule has 1 fully saturated rings. The van der Waals surface area contributed by atoms with Crippen molar-refractivity contribution in [3.05, 3.63) is 40.2 Å². The minimum absolute atomic E-state index is 0.258. The van der Waals surface area contributed by atoms with Crippen LogP contribution in [0.3, 0.4) is 0 Å². The van der Waals surface area contributed by atoms with Crippen LogP contribution in [0.15, 0.2) is 28.7 Å². The number of H-pyrrole nitrogens is 1. The van der Waals surface area contributed by atoms with Gasteiger partial charge in [0.2, 0.25) is 0 Å². The lowest BCUT2D eigenvalue weighted by atomic mass is 10.1. The van der Waals surface area contributed by atoms with Crippen molar-refractivity contribution in [3.63, 3.8) is 0 Å². The van der Waals surface area contributed by atoms with Crippen LogP contribution in [0.4, 0.5) is 4.39 Å². The Labute approximate surface area is 113 Å². The third-order valence-electron chi connectivity index (χ3n) is 2.99. The van der Waals surface area contributed by atoms with Gasteiger partial charge in [-0.2, -0.15) is 5.10 Å². The largest absolute Gasteiger partial charge is 0.308 e. The highest BCUT2D eigenvalue weighted by atomic mass is 79.9. The van der Waals surface area contributed by atoms with E-state index in [-0.39, 0.29) is 5.82 Å².